The van der Waals surface area contributed by atoms with Gasteiger partial charge in [0, 0.05) is 6.20 Å². The maximum Gasteiger partial charge on any atom is 0.342 e. The minimum Gasteiger partial charge on any atom is -0.495 e. The second-order valence-corrected chi connectivity index (χ2v) is 2.69. The lowest BCUT2D eigenvalue weighted by atomic mass is 10.1. The Morgan fingerprint density at radius 3 is 2.69 bits per heavy atom. The molecule has 84 valence electrons. The van der Waals surface area contributed by atoms with Crippen molar-refractivity contribution < 1.29 is 23.4 Å². The first-order chi connectivity index (χ1) is 7.52. The van der Waals surface area contributed by atoms with E-state index < -0.39 is 35.0 Å². The summed E-state index contributed by atoms with van der Waals surface area (Å²) in [5.41, 5.74) is -1.77. The summed E-state index contributed by atoms with van der Waals surface area (Å²) in [4.78, 5) is 14.2. The van der Waals surface area contributed by atoms with Crippen molar-refractivity contribution in [1.82, 2.24) is 4.98 Å². The Hall–Kier alpha value is -2.23. The topological polar surface area (TPSA) is 83.2 Å². The highest BCUT2D eigenvalue weighted by Gasteiger charge is 2.25. The minimum atomic E-state index is -2.92. The molecule has 0 fully saturated rings. The molecule has 0 saturated heterocycles. The molecule has 0 spiro atoms. The van der Waals surface area contributed by atoms with Crippen molar-refractivity contribution in [1.29, 1.82) is 5.26 Å². The molecular weight excluding hydrogens is 222 g/mol. The number of hydrogen-bond acceptors (Lipinski definition) is 4. The molecule has 0 atom stereocenters. The Balaban J connectivity index is 3.58. The molecule has 0 aromatic carbocycles. The first-order valence-corrected chi connectivity index (χ1v) is 4.01. The van der Waals surface area contributed by atoms with E-state index in [1.54, 1.807) is 0 Å². The van der Waals surface area contributed by atoms with Crippen LogP contribution in [0, 0.1) is 11.3 Å². The van der Waals surface area contributed by atoms with E-state index in [9.17, 15) is 13.6 Å². The molecule has 1 heterocycles. The van der Waals surface area contributed by atoms with Gasteiger partial charge in [-0.1, -0.05) is 0 Å². The number of halogens is 2. The normalized spacial score (nSPS) is 9.94. The average Bonchev–Trinajstić information content (AvgIpc) is 2.26. The molecule has 1 rings (SSSR count). The number of carbonyl (C=O) groups is 1. The number of methoxy groups -OCH3 is 1. The summed E-state index contributed by atoms with van der Waals surface area (Å²) in [5.74, 6) is -2.07. The van der Waals surface area contributed by atoms with Crippen LogP contribution >= 0.6 is 0 Å². The molecule has 16 heavy (non-hydrogen) atoms. The third-order valence-electron chi connectivity index (χ3n) is 1.82. The third kappa shape index (κ3) is 1.91. The largest absolute Gasteiger partial charge is 0.495 e. The first-order valence-electron chi connectivity index (χ1n) is 4.01. The molecule has 0 amide bonds. The number of carboxylic acids is 1. The summed E-state index contributed by atoms with van der Waals surface area (Å²) in [6, 6.07) is 1.50. The van der Waals surface area contributed by atoms with Crippen LogP contribution < -0.4 is 4.74 Å². The van der Waals surface area contributed by atoms with Gasteiger partial charge in [0.2, 0.25) is 0 Å². The Bertz CT molecular complexity index is 469. The molecule has 1 N–H and O–H groups in total. The standard InChI is InChI=1S/C9H6F2N2O3/c1-16-7-4(8(10)11)3-13-5(2-12)6(7)9(14)15/h3,8H,1H3,(H,14,15). The Labute approximate surface area is 88.9 Å². The van der Waals surface area contributed by atoms with Gasteiger partial charge in [0.1, 0.15) is 17.4 Å². The van der Waals surface area contributed by atoms with Crippen molar-refractivity contribution in [2.75, 3.05) is 7.11 Å². The summed E-state index contributed by atoms with van der Waals surface area (Å²) < 4.78 is 29.6. The van der Waals surface area contributed by atoms with E-state index in [1.165, 1.54) is 6.07 Å². The maximum absolute atomic E-state index is 12.5. The summed E-state index contributed by atoms with van der Waals surface area (Å²) in [7, 11) is 1.05. The highest BCUT2D eigenvalue weighted by atomic mass is 19.3. The Morgan fingerprint density at radius 2 is 2.31 bits per heavy atom. The van der Waals surface area contributed by atoms with Crippen molar-refractivity contribution >= 4 is 5.97 Å². The summed E-state index contributed by atoms with van der Waals surface area (Å²) in [5, 5.41) is 17.4. The third-order valence-corrected chi connectivity index (χ3v) is 1.82. The Morgan fingerprint density at radius 1 is 1.69 bits per heavy atom. The Kier molecular flexibility index (Phi) is 3.35. The van der Waals surface area contributed by atoms with Crippen LogP contribution in [0.25, 0.3) is 0 Å². The van der Waals surface area contributed by atoms with Gasteiger partial charge in [-0.3, -0.25) is 0 Å². The number of ether oxygens (including phenoxy) is 1. The van der Waals surface area contributed by atoms with E-state index in [1.807, 2.05) is 0 Å². The first kappa shape index (κ1) is 11.8. The van der Waals surface area contributed by atoms with E-state index in [0.717, 1.165) is 13.3 Å². The summed E-state index contributed by atoms with van der Waals surface area (Å²) in [6.45, 7) is 0. The lowest BCUT2D eigenvalue weighted by Gasteiger charge is -2.10. The minimum absolute atomic E-state index is 0.464. The lowest BCUT2D eigenvalue weighted by molar-refractivity contribution is 0.0691. The van der Waals surface area contributed by atoms with E-state index in [-0.39, 0.29) is 0 Å². The van der Waals surface area contributed by atoms with Crippen LogP contribution in [0.2, 0.25) is 0 Å². The predicted octanol–water partition coefficient (Wildman–Crippen LogP) is 1.60. The van der Waals surface area contributed by atoms with Gasteiger partial charge in [0.25, 0.3) is 6.43 Å². The number of hydrogen-bond donors (Lipinski definition) is 1. The number of alkyl halides is 2. The monoisotopic (exact) mass is 228 g/mol. The second kappa shape index (κ2) is 4.53. The van der Waals surface area contributed by atoms with Gasteiger partial charge in [-0.15, -0.1) is 0 Å². The number of aromatic carboxylic acids is 1. The molecule has 7 heteroatoms. The highest BCUT2D eigenvalue weighted by Crippen LogP contribution is 2.32. The van der Waals surface area contributed by atoms with Crippen LogP contribution in [0.3, 0.4) is 0 Å². The molecular formula is C9H6F2N2O3. The van der Waals surface area contributed by atoms with Crippen LogP contribution in [0.1, 0.15) is 28.0 Å². The smallest absolute Gasteiger partial charge is 0.342 e. The fourth-order valence-corrected chi connectivity index (χ4v) is 1.17. The lowest BCUT2D eigenvalue weighted by Crippen LogP contribution is -2.08. The van der Waals surface area contributed by atoms with Crippen molar-refractivity contribution in [3.8, 4) is 11.8 Å². The maximum atomic E-state index is 12.5. The van der Waals surface area contributed by atoms with Gasteiger partial charge < -0.3 is 9.84 Å². The fourth-order valence-electron chi connectivity index (χ4n) is 1.17. The van der Waals surface area contributed by atoms with E-state index in [0.29, 0.717) is 0 Å². The molecule has 0 aliphatic heterocycles. The molecule has 1 aromatic heterocycles. The number of aromatic nitrogens is 1. The SMILES string of the molecule is COc1c(C(F)F)cnc(C#N)c1C(=O)O. The van der Waals surface area contributed by atoms with Gasteiger partial charge in [-0.2, -0.15) is 5.26 Å². The average molecular weight is 228 g/mol. The molecule has 0 unspecified atom stereocenters. The zero-order valence-corrected chi connectivity index (χ0v) is 8.07. The predicted molar refractivity (Wildman–Crippen MR) is 47.4 cm³/mol. The van der Waals surface area contributed by atoms with Crippen molar-refractivity contribution in [3.05, 3.63) is 23.0 Å². The van der Waals surface area contributed by atoms with Crippen LogP contribution in [-0.2, 0) is 0 Å². The van der Waals surface area contributed by atoms with E-state index >= 15 is 0 Å². The summed E-state index contributed by atoms with van der Waals surface area (Å²) >= 11 is 0. The molecule has 0 aliphatic rings. The molecule has 0 bridgehead atoms. The van der Waals surface area contributed by atoms with Crippen LogP contribution in [-0.4, -0.2) is 23.2 Å². The quantitative estimate of drug-likeness (QED) is 0.849. The van der Waals surface area contributed by atoms with Crippen LogP contribution in [0.4, 0.5) is 8.78 Å². The molecule has 0 saturated carbocycles. The van der Waals surface area contributed by atoms with Gasteiger partial charge in [0.05, 0.1) is 12.7 Å². The van der Waals surface area contributed by atoms with Crippen molar-refractivity contribution in [3.63, 3.8) is 0 Å². The molecule has 5 nitrogen and oxygen atoms in total. The summed E-state index contributed by atoms with van der Waals surface area (Å²) in [6.07, 6.45) is -2.19. The van der Waals surface area contributed by atoms with Gasteiger partial charge >= 0.3 is 5.97 Å². The van der Waals surface area contributed by atoms with Crippen molar-refractivity contribution in [2.24, 2.45) is 0 Å². The van der Waals surface area contributed by atoms with Gasteiger partial charge in [0.15, 0.2) is 5.69 Å². The number of pyridine rings is 1. The van der Waals surface area contributed by atoms with E-state index in [4.69, 9.17) is 10.4 Å². The molecule has 0 radical (unpaired) electrons. The number of nitriles is 1. The number of carboxylic acid groups (broad SMARTS) is 1. The number of nitrogens with zero attached hydrogens (tertiary/aromatic N) is 2. The van der Waals surface area contributed by atoms with Crippen molar-refractivity contribution in [2.45, 2.75) is 6.43 Å². The highest BCUT2D eigenvalue weighted by molar-refractivity contribution is 5.93. The van der Waals surface area contributed by atoms with E-state index in [2.05, 4.69) is 9.72 Å². The fraction of sp³-hybridized carbons (Fsp3) is 0.222. The number of rotatable bonds is 3. The second-order valence-electron chi connectivity index (χ2n) is 2.69. The van der Waals surface area contributed by atoms with Crippen LogP contribution in [0.15, 0.2) is 6.20 Å². The molecule has 0 aliphatic carbocycles. The van der Waals surface area contributed by atoms with Crippen LogP contribution in [0.5, 0.6) is 5.75 Å². The van der Waals surface area contributed by atoms with Gasteiger partial charge in [-0.05, 0) is 0 Å². The molecule has 1 aromatic rings. The van der Waals surface area contributed by atoms with Gasteiger partial charge in [-0.25, -0.2) is 18.6 Å². The zero-order chi connectivity index (χ0) is 12.3. The zero-order valence-electron chi connectivity index (χ0n) is 8.07.